The van der Waals surface area contributed by atoms with Gasteiger partial charge in [-0.05, 0) is 36.1 Å². The number of carboxylic acid groups (broad SMARTS) is 1. The van der Waals surface area contributed by atoms with E-state index in [1.165, 1.54) is 5.56 Å². The van der Waals surface area contributed by atoms with Gasteiger partial charge in [0.2, 0.25) is 0 Å². The quantitative estimate of drug-likeness (QED) is 0.924. The van der Waals surface area contributed by atoms with Gasteiger partial charge < -0.3 is 9.84 Å². The third-order valence-electron chi connectivity index (χ3n) is 5.03. The van der Waals surface area contributed by atoms with Gasteiger partial charge in [-0.1, -0.05) is 0 Å². The first-order chi connectivity index (χ1) is 10.7. The lowest BCUT2D eigenvalue weighted by atomic mass is 9.76. The van der Waals surface area contributed by atoms with Crippen LogP contribution in [0.3, 0.4) is 0 Å². The van der Waals surface area contributed by atoms with Crippen molar-refractivity contribution in [3.8, 4) is 0 Å². The van der Waals surface area contributed by atoms with E-state index in [0.717, 1.165) is 25.0 Å². The van der Waals surface area contributed by atoms with E-state index in [2.05, 4.69) is 16.1 Å². The monoisotopic (exact) mass is 301 g/mol. The number of aliphatic carboxylic acids is 1. The highest BCUT2D eigenvalue weighted by molar-refractivity contribution is 5.76. The number of nitrogens with zero attached hydrogens (tertiary/aromatic N) is 3. The summed E-state index contributed by atoms with van der Waals surface area (Å²) in [6.07, 6.45) is 4.56. The lowest BCUT2D eigenvalue weighted by Crippen LogP contribution is -2.46. The number of hydrogen-bond acceptors (Lipinski definition) is 4. The van der Waals surface area contributed by atoms with Crippen LogP contribution in [0.4, 0.5) is 0 Å². The van der Waals surface area contributed by atoms with Crippen LogP contribution in [0.25, 0.3) is 5.52 Å². The van der Waals surface area contributed by atoms with Crippen LogP contribution in [0.15, 0.2) is 30.6 Å². The molecule has 2 aliphatic heterocycles. The molecule has 0 unspecified atom stereocenters. The number of hydrogen-bond donors (Lipinski definition) is 1. The van der Waals surface area contributed by atoms with Gasteiger partial charge in [-0.15, -0.1) is 0 Å². The second-order valence-electron chi connectivity index (χ2n) is 6.40. The van der Waals surface area contributed by atoms with Crippen LogP contribution in [-0.4, -0.2) is 51.9 Å². The summed E-state index contributed by atoms with van der Waals surface area (Å²) >= 11 is 0. The first-order valence-electron chi connectivity index (χ1n) is 7.63. The maximum atomic E-state index is 11.8. The van der Waals surface area contributed by atoms with Gasteiger partial charge in [0.15, 0.2) is 0 Å². The van der Waals surface area contributed by atoms with Crippen LogP contribution in [0, 0.1) is 11.3 Å². The molecule has 2 aliphatic rings. The van der Waals surface area contributed by atoms with Gasteiger partial charge in [0, 0.05) is 38.6 Å². The molecule has 2 atom stereocenters. The number of rotatable bonds is 3. The van der Waals surface area contributed by atoms with E-state index in [1.54, 1.807) is 6.20 Å². The number of carboxylic acids is 1. The molecule has 0 amide bonds. The standard InChI is InChI=1S/C16H19N3O3/c20-15(21)16-10-18(9-13(16)3-6-22-11-16)8-12-2-5-19-14(7-12)1-4-17-19/h1-2,4-5,7,13H,3,6,8-11H2,(H,20,21)/t13-,16+/m0/s1. The van der Waals surface area contributed by atoms with Gasteiger partial charge in [0.25, 0.3) is 0 Å². The highest BCUT2D eigenvalue weighted by Gasteiger charge is 2.53. The molecular weight excluding hydrogens is 282 g/mol. The zero-order valence-corrected chi connectivity index (χ0v) is 12.3. The molecule has 116 valence electrons. The van der Waals surface area contributed by atoms with Crippen molar-refractivity contribution < 1.29 is 14.6 Å². The molecule has 0 radical (unpaired) electrons. The van der Waals surface area contributed by atoms with Crippen LogP contribution in [0.2, 0.25) is 0 Å². The topological polar surface area (TPSA) is 67.1 Å². The maximum absolute atomic E-state index is 11.8. The summed E-state index contributed by atoms with van der Waals surface area (Å²) in [5, 5.41) is 13.9. The average molecular weight is 301 g/mol. The average Bonchev–Trinajstić information content (AvgIpc) is 3.10. The smallest absolute Gasteiger partial charge is 0.313 e. The Morgan fingerprint density at radius 3 is 3.23 bits per heavy atom. The zero-order valence-electron chi connectivity index (χ0n) is 12.3. The van der Waals surface area contributed by atoms with Gasteiger partial charge in [0.1, 0.15) is 5.41 Å². The second-order valence-corrected chi connectivity index (χ2v) is 6.40. The van der Waals surface area contributed by atoms with Crippen LogP contribution in [-0.2, 0) is 16.1 Å². The van der Waals surface area contributed by atoms with Crippen molar-refractivity contribution in [2.24, 2.45) is 11.3 Å². The lowest BCUT2D eigenvalue weighted by molar-refractivity contribution is -0.159. The van der Waals surface area contributed by atoms with E-state index < -0.39 is 11.4 Å². The molecule has 2 aromatic heterocycles. The predicted octanol–water partition coefficient (Wildman–Crippen LogP) is 1.26. The van der Waals surface area contributed by atoms with Gasteiger partial charge in [0.05, 0.1) is 12.1 Å². The summed E-state index contributed by atoms with van der Waals surface area (Å²) in [6, 6.07) is 6.13. The predicted molar refractivity (Wildman–Crippen MR) is 79.5 cm³/mol. The van der Waals surface area contributed by atoms with E-state index in [1.807, 2.05) is 22.8 Å². The third kappa shape index (κ3) is 2.10. The second kappa shape index (κ2) is 5.07. The minimum absolute atomic E-state index is 0.192. The summed E-state index contributed by atoms with van der Waals surface area (Å²) in [6.45, 7) is 3.19. The number of carbonyl (C=O) groups is 1. The van der Waals surface area contributed by atoms with Crippen molar-refractivity contribution in [2.45, 2.75) is 13.0 Å². The van der Waals surface area contributed by atoms with E-state index in [-0.39, 0.29) is 5.92 Å². The molecule has 2 saturated heterocycles. The SMILES string of the molecule is O=C(O)[C@]12COCC[C@H]1CN(Cc1ccn3nccc3c1)C2. The summed E-state index contributed by atoms with van der Waals surface area (Å²) in [4.78, 5) is 14.0. The number of likely N-dealkylation sites (tertiary alicyclic amines) is 1. The molecule has 2 aromatic rings. The fraction of sp³-hybridized carbons (Fsp3) is 0.500. The number of pyridine rings is 1. The van der Waals surface area contributed by atoms with Crippen molar-refractivity contribution in [3.05, 3.63) is 36.2 Å². The van der Waals surface area contributed by atoms with Gasteiger partial charge in [-0.2, -0.15) is 5.10 Å². The molecule has 4 heterocycles. The fourth-order valence-corrected chi connectivity index (χ4v) is 3.84. The zero-order chi connectivity index (χ0) is 15.2. The minimum Gasteiger partial charge on any atom is -0.481 e. The van der Waals surface area contributed by atoms with Crippen molar-refractivity contribution in [1.82, 2.24) is 14.5 Å². The normalized spacial score (nSPS) is 28.8. The van der Waals surface area contributed by atoms with E-state index in [9.17, 15) is 9.90 Å². The number of fused-ring (bicyclic) bond motifs is 2. The Morgan fingerprint density at radius 2 is 2.41 bits per heavy atom. The molecule has 4 rings (SSSR count). The van der Waals surface area contributed by atoms with Crippen LogP contribution < -0.4 is 0 Å². The molecule has 0 bridgehead atoms. The highest BCUT2D eigenvalue weighted by atomic mass is 16.5. The first-order valence-corrected chi connectivity index (χ1v) is 7.63. The minimum atomic E-state index is -0.723. The van der Waals surface area contributed by atoms with Gasteiger partial charge in [-0.3, -0.25) is 9.69 Å². The van der Waals surface area contributed by atoms with Crippen LogP contribution >= 0.6 is 0 Å². The Balaban J connectivity index is 1.55. The van der Waals surface area contributed by atoms with Gasteiger partial charge >= 0.3 is 5.97 Å². The lowest BCUT2D eigenvalue weighted by Gasteiger charge is -2.34. The molecule has 0 spiro atoms. The molecule has 6 heteroatoms. The first kappa shape index (κ1) is 13.7. The van der Waals surface area contributed by atoms with E-state index in [4.69, 9.17) is 4.74 Å². The van der Waals surface area contributed by atoms with Crippen molar-refractivity contribution >= 4 is 11.5 Å². The van der Waals surface area contributed by atoms with Gasteiger partial charge in [-0.25, -0.2) is 4.52 Å². The number of aromatic nitrogens is 2. The Morgan fingerprint density at radius 1 is 1.50 bits per heavy atom. The Bertz CT molecular complexity index is 713. The largest absolute Gasteiger partial charge is 0.481 e. The Kier molecular flexibility index (Phi) is 3.16. The Hall–Kier alpha value is -1.92. The molecule has 0 aromatic carbocycles. The summed E-state index contributed by atoms with van der Waals surface area (Å²) in [7, 11) is 0. The van der Waals surface area contributed by atoms with Crippen molar-refractivity contribution in [3.63, 3.8) is 0 Å². The van der Waals surface area contributed by atoms with Crippen molar-refractivity contribution in [1.29, 1.82) is 0 Å². The number of ether oxygens (including phenoxy) is 1. The molecule has 0 saturated carbocycles. The Labute approximate surface area is 128 Å². The summed E-state index contributed by atoms with van der Waals surface area (Å²) in [5.41, 5.74) is 1.53. The molecule has 2 fully saturated rings. The molecule has 1 N–H and O–H groups in total. The molecular formula is C16H19N3O3. The van der Waals surface area contributed by atoms with Crippen molar-refractivity contribution in [2.75, 3.05) is 26.3 Å². The summed E-state index contributed by atoms with van der Waals surface area (Å²) in [5.74, 6) is -0.525. The van der Waals surface area contributed by atoms with Crippen LogP contribution in [0.1, 0.15) is 12.0 Å². The molecule has 0 aliphatic carbocycles. The fourth-order valence-electron chi connectivity index (χ4n) is 3.84. The third-order valence-corrected chi connectivity index (χ3v) is 5.03. The van der Waals surface area contributed by atoms with E-state index >= 15 is 0 Å². The van der Waals surface area contributed by atoms with E-state index in [0.29, 0.717) is 19.8 Å². The maximum Gasteiger partial charge on any atom is 0.313 e. The molecule has 6 nitrogen and oxygen atoms in total. The summed E-state index contributed by atoms with van der Waals surface area (Å²) < 4.78 is 7.31. The highest BCUT2D eigenvalue weighted by Crippen LogP contribution is 2.42. The van der Waals surface area contributed by atoms with Crippen LogP contribution in [0.5, 0.6) is 0 Å². The molecule has 22 heavy (non-hydrogen) atoms.